The van der Waals surface area contributed by atoms with E-state index in [1.165, 1.54) is 11.3 Å². The molecule has 2 N–H and O–H groups in total. The summed E-state index contributed by atoms with van der Waals surface area (Å²) in [6, 6.07) is 7.47. The van der Waals surface area contributed by atoms with Crippen LogP contribution in [0.15, 0.2) is 54.4 Å². The molecule has 0 aromatic carbocycles. The van der Waals surface area contributed by atoms with Crippen molar-refractivity contribution in [1.29, 1.82) is 0 Å². The Morgan fingerprint density at radius 1 is 0.782 bits per heavy atom. The van der Waals surface area contributed by atoms with Gasteiger partial charge in [-0.15, -0.1) is 11.3 Å². The summed E-state index contributed by atoms with van der Waals surface area (Å²) in [5.74, 6) is 0.915. The Bertz CT molecular complexity index is 2340. The number of thiazole rings is 1. The van der Waals surface area contributed by atoms with Crippen LogP contribution in [0.2, 0.25) is 0 Å². The van der Waals surface area contributed by atoms with Crippen LogP contribution in [-0.4, -0.2) is 80.2 Å². The molecule has 6 aromatic heterocycles. The third-order valence-corrected chi connectivity index (χ3v) is 10.8. The molecule has 6 aromatic rings. The number of anilines is 2. The van der Waals surface area contributed by atoms with Gasteiger partial charge < -0.3 is 38.4 Å². The highest BCUT2D eigenvalue weighted by molar-refractivity contribution is 7.09. The molecule has 0 radical (unpaired) electrons. The summed E-state index contributed by atoms with van der Waals surface area (Å²) in [7, 11) is 0. The fourth-order valence-corrected chi connectivity index (χ4v) is 7.72. The van der Waals surface area contributed by atoms with Gasteiger partial charge in [0.05, 0.1) is 29.6 Å². The van der Waals surface area contributed by atoms with Crippen LogP contribution < -0.4 is 20.1 Å². The maximum Gasteiger partial charge on any atom is 0.275 e. The average molecular weight is 765 g/mol. The predicted molar refractivity (Wildman–Crippen MR) is 208 cm³/mol. The van der Waals surface area contributed by atoms with Crippen molar-refractivity contribution >= 4 is 45.8 Å². The van der Waals surface area contributed by atoms with E-state index in [1.54, 1.807) is 5.38 Å². The Morgan fingerprint density at radius 2 is 1.36 bits per heavy atom. The van der Waals surface area contributed by atoms with E-state index in [2.05, 4.69) is 20.6 Å². The van der Waals surface area contributed by atoms with E-state index in [9.17, 15) is 9.59 Å². The Kier molecular flexibility index (Phi) is 10.7. The zero-order valence-corrected chi connectivity index (χ0v) is 32.0. The molecule has 2 fully saturated rings. The zero-order chi connectivity index (χ0) is 37.9. The van der Waals surface area contributed by atoms with Gasteiger partial charge in [-0.25, -0.2) is 19.9 Å². The second kappa shape index (κ2) is 16.2. The summed E-state index contributed by atoms with van der Waals surface area (Å²) in [6.07, 6.45) is 11.7. The first-order valence-electron chi connectivity index (χ1n) is 18.8. The molecule has 2 aliphatic rings. The fourth-order valence-electron chi connectivity index (χ4n) is 7.12. The monoisotopic (exact) mass is 764 g/mol. The first-order chi connectivity index (χ1) is 26.8. The number of hydrogen-bond acceptors (Lipinski definition) is 11. The highest BCUT2D eigenvalue weighted by Crippen LogP contribution is 2.33. The molecule has 0 unspecified atom stereocenters. The molecule has 2 amide bonds. The van der Waals surface area contributed by atoms with Crippen LogP contribution in [0.3, 0.4) is 0 Å². The van der Waals surface area contributed by atoms with Crippen LogP contribution in [0, 0.1) is 13.8 Å². The van der Waals surface area contributed by atoms with E-state index in [-0.39, 0.29) is 24.1 Å². The number of fused-ring (bicyclic) bond motifs is 2. The van der Waals surface area contributed by atoms with Crippen molar-refractivity contribution in [2.24, 2.45) is 0 Å². The average Bonchev–Trinajstić information content (AvgIpc) is 3.94. The van der Waals surface area contributed by atoms with Crippen molar-refractivity contribution in [1.82, 2.24) is 28.7 Å². The van der Waals surface area contributed by atoms with Gasteiger partial charge in [-0.2, -0.15) is 0 Å². The summed E-state index contributed by atoms with van der Waals surface area (Å²) in [5, 5.41) is 8.59. The Labute approximate surface area is 322 Å². The molecule has 8 heterocycles. The molecule has 2 aliphatic heterocycles. The van der Waals surface area contributed by atoms with Crippen LogP contribution in [0.1, 0.15) is 93.1 Å². The van der Waals surface area contributed by atoms with Gasteiger partial charge in [-0.05, 0) is 58.1 Å². The molecular weight excluding hydrogens is 721 g/mol. The number of aryl methyl sites for hydroxylation is 2. The van der Waals surface area contributed by atoms with E-state index >= 15 is 0 Å². The topological polar surface area (TPSA) is 156 Å². The van der Waals surface area contributed by atoms with Gasteiger partial charge in [0.25, 0.3) is 11.8 Å². The SMILES string of the molecule is CCOc1cc2nc(C3CCOCC3)cn2cc1NC(=O)c1nc(C)ccc1CCOc1cc2nc(C3CCOCC3)cn2cc1NC(=O)c1csc(C)n1. The quantitative estimate of drug-likeness (QED) is 0.137. The van der Waals surface area contributed by atoms with Crippen LogP contribution in [-0.2, 0) is 15.9 Å². The molecule has 286 valence electrons. The zero-order valence-electron chi connectivity index (χ0n) is 31.2. The summed E-state index contributed by atoms with van der Waals surface area (Å²) in [6.45, 7) is 9.11. The number of pyridine rings is 3. The summed E-state index contributed by atoms with van der Waals surface area (Å²) in [4.78, 5) is 46.0. The van der Waals surface area contributed by atoms with Gasteiger partial charge in [0.1, 0.15) is 45.6 Å². The number of carbonyl (C=O) groups excluding carboxylic acids is 2. The minimum absolute atomic E-state index is 0.202. The van der Waals surface area contributed by atoms with Crippen LogP contribution >= 0.6 is 11.3 Å². The normalized spacial score (nSPS) is 15.4. The predicted octanol–water partition coefficient (Wildman–Crippen LogP) is 6.76. The number of imidazole rings is 2. The lowest BCUT2D eigenvalue weighted by atomic mass is 9.97. The van der Waals surface area contributed by atoms with Crippen molar-refractivity contribution < 1.29 is 28.5 Å². The third-order valence-electron chi connectivity index (χ3n) is 10.0. The first kappa shape index (κ1) is 36.6. The molecule has 0 spiro atoms. The Hall–Kier alpha value is -5.38. The van der Waals surface area contributed by atoms with E-state index in [0.29, 0.717) is 83.5 Å². The van der Waals surface area contributed by atoms with Gasteiger partial charge in [0.2, 0.25) is 0 Å². The van der Waals surface area contributed by atoms with Gasteiger partial charge in [0.15, 0.2) is 0 Å². The number of hydrogen-bond donors (Lipinski definition) is 2. The summed E-state index contributed by atoms with van der Waals surface area (Å²) in [5.41, 5.74) is 6.48. The second-order valence-corrected chi connectivity index (χ2v) is 15.0. The molecule has 2 saturated heterocycles. The maximum absolute atomic E-state index is 14.0. The molecule has 8 rings (SSSR count). The number of nitrogens with zero attached hydrogens (tertiary/aromatic N) is 6. The highest BCUT2D eigenvalue weighted by Gasteiger charge is 2.23. The van der Waals surface area contributed by atoms with Gasteiger partial charge in [0, 0.05) is 92.7 Å². The number of amides is 2. The third kappa shape index (κ3) is 8.19. The van der Waals surface area contributed by atoms with Crippen LogP contribution in [0.5, 0.6) is 11.5 Å². The molecule has 15 heteroatoms. The summed E-state index contributed by atoms with van der Waals surface area (Å²) >= 11 is 1.41. The maximum atomic E-state index is 14.0. The smallest absolute Gasteiger partial charge is 0.275 e. The van der Waals surface area contributed by atoms with Gasteiger partial charge >= 0.3 is 0 Å². The molecule has 55 heavy (non-hydrogen) atoms. The number of aromatic nitrogens is 6. The second-order valence-electron chi connectivity index (χ2n) is 13.9. The van der Waals surface area contributed by atoms with Crippen molar-refractivity contribution in [2.75, 3.05) is 50.3 Å². The first-order valence-corrected chi connectivity index (χ1v) is 19.7. The van der Waals surface area contributed by atoms with Crippen molar-refractivity contribution in [2.45, 2.75) is 64.7 Å². The lowest BCUT2D eigenvalue weighted by molar-refractivity contribution is 0.0845. The van der Waals surface area contributed by atoms with Crippen molar-refractivity contribution in [3.05, 3.63) is 93.5 Å². The number of nitrogens with one attached hydrogen (secondary N) is 2. The van der Waals surface area contributed by atoms with Crippen LogP contribution in [0.25, 0.3) is 11.3 Å². The molecule has 0 aliphatic carbocycles. The number of rotatable bonds is 12. The molecule has 0 saturated carbocycles. The minimum atomic E-state index is -0.366. The lowest BCUT2D eigenvalue weighted by Crippen LogP contribution is -2.19. The lowest BCUT2D eigenvalue weighted by Gasteiger charge is -2.19. The van der Waals surface area contributed by atoms with Crippen molar-refractivity contribution in [3.8, 4) is 11.5 Å². The number of carbonyl (C=O) groups is 2. The summed E-state index contributed by atoms with van der Waals surface area (Å²) < 4.78 is 27.3. The van der Waals surface area contributed by atoms with Gasteiger partial charge in [-0.3, -0.25) is 9.59 Å². The van der Waals surface area contributed by atoms with Crippen molar-refractivity contribution in [3.63, 3.8) is 0 Å². The minimum Gasteiger partial charge on any atom is -0.491 e. The van der Waals surface area contributed by atoms with Crippen LogP contribution in [0.4, 0.5) is 11.4 Å². The van der Waals surface area contributed by atoms with E-state index in [4.69, 9.17) is 28.9 Å². The van der Waals surface area contributed by atoms with E-state index in [0.717, 1.165) is 60.9 Å². The van der Waals surface area contributed by atoms with E-state index in [1.807, 2.05) is 78.6 Å². The molecule has 14 nitrogen and oxygen atoms in total. The standard InChI is InChI=1S/C40H44N8O6S/c1-4-53-34-17-36-43-29(26-7-12-51-13-8-26)19-47(36)21-31(34)46-40(50)38-28(6-5-24(2)41-38)11-16-54-35-18-37-44-30(27-9-14-52-15-10-27)20-48(37)22-32(35)45-39(49)33-23-55-25(3)42-33/h5-6,17-23,26-27H,4,7-16H2,1-3H3,(H,45,49)(H,46,50). The number of ether oxygens (including phenoxy) is 4. The largest absolute Gasteiger partial charge is 0.491 e. The van der Waals surface area contributed by atoms with E-state index < -0.39 is 0 Å². The van der Waals surface area contributed by atoms with Gasteiger partial charge in [-0.1, -0.05) is 6.07 Å². The molecule has 0 atom stereocenters. The fraction of sp³-hybridized carbons (Fsp3) is 0.400. The molecular formula is C40H44N8O6S. The molecule has 0 bridgehead atoms. The highest BCUT2D eigenvalue weighted by atomic mass is 32.1. The Balaban J connectivity index is 1.03. The Morgan fingerprint density at radius 3 is 1.93 bits per heavy atom.